The first-order valence-corrected chi connectivity index (χ1v) is 10.0. The van der Waals surface area contributed by atoms with Gasteiger partial charge in [0, 0.05) is 30.7 Å². The summed E-state index contributed by atoms with van der Waals surface area (Å²) in [6.45, 7) is 3.72. The van der Waals surface area contributed by atoms with E-state index in [1.54, 1.807) is 23.1 Å². The minimum absolute atomic E-state index is 0.155. The molecule has 0 aromatic heterocycles. The van der Waals surface area contributed by atoms with Crippen LogP contribution in [-0.2, 0) is 6.54 Å². The highest BCUT2D eigenvalue weighted by Gasteiger charge is 2.35. The van der Waals surface area contributed by atoms with E-state index in [4.69, 9.17) is 0 Å². The first-order chi connectivity index (χ1) is 13.5. The Kier molecular flexibility index (Phi) is 6.46. The van der Waals surface area contributed by atoms with Gasteiger partial charge in [0.25, 0.3) is 11.8 Å². The largest absolute Gasteiger partial charge is 0.338 e. The van der Waals surface area contributed by atoms with Crippen molar-refractivity contribution in [3.05, 3.63) is 69.7 Å². The zero-order chi connectivity index (χ0) is 20.1. The minimum atomic E-state index is -0.285. The van der Waals surface area contributed by atoms with E-state index < -0.39 is 0 Å². The van der Waals surface area contributed by atoms with Crippen molar-refractivity contribution in [1.29, 1.82) is 0 Å². The average Bonchev–Trinajstić information content (AvgIpc) is 2.93. The van der Waals surface area contributed by atoms with E-state index in [9.17, 15) is 14.4 Å². The maximum atomic E-state index is 12.4. The van der Waals surface area contributed by atoms with Crippen LogP contribution in [0.1, 0.15) is 39.6 Å². The van der Waals surface area contributed by atoms with Crippen molar-refractivity contribution in [1.82, 2.24) is 15.1 Å². The molecule has 4 amide bonds. The fraction of sp³-hybridized carbons (Fsp3) is 0.286. The minimum Gasteiger partial charge on any atom is -0.338 e. The molecule has 0 spiro atoms. The third kappa shape index (κ3) is 4.42. The van der Waals surface area contributed by atoms with Gasteiger partial charge in [-0.3, -0.25) is 14.5 Å². The van der Waals surface area contributed by atoms with Crippen molar-refractivity contribution in [2.45, 2.75) is 19.9 Å². The summed E-state index contributed by atoms with van der Waals surface area (Å²) < 4.78 is 0.764. The molecule has 0 saturated carbocycles. The number of nitrogens with one attached hydrogen (secondary N) is 1. The maximum absolute atomic E-state index is 12.4. The Hall–Kier alpha value is -2.67. The number of imide groups is 1. The van der Waals surface area contributed by atoms with Crippen LogP contribution in [0.4, 0.5) is 4.79 Å². The molecular weight excluding hydrogens is 422 g/mol. The fourth-order valence-corrected chi connectivity index (χ4v) is 3.50. The quantitative estimate of drug-likeness (QED) is 0.524. The predicted molar refractivity (Wildman–Crippen MR) is 110 cm³/mol. The van der Waals surface area contributed by atoms with Gasteiger partial charge in [-0.05, 0) is 37.1 Å². The van der Waals surface area contributed by atoms with Crippen LogP contribution < -0.4 is 5.32 Å². The molecule has 0 saturated heterocycles. The molecule has 0 bridgehead atoms. The average molecular weight is 444 g/mol. The lowest BCUT2D eigenvalue weighted by Crippen LogP contribution is -2.40. The summed E-state index contributed by atoms with van der Waals surface area (Å²) in [4.78, 5) is 40.2. The third-order valence-corrected chi connectivity index (χ3v) is 5.15. The molecule has 146 valence electrons. The highest BCUT2D eigenvalue weighted by Crippen LogP contribution is 2.25. The molecule has 7 heteroatoms. The van der Waals surface area contributed by atoms with Crippen molar-refractivity contribution in [2.75, 3.05) is 19.6 Å². The number of nitrogens with zero attached hydrogens (tertiary/aromatic N) is 2. The van der Waals surface area contributed by atoms with Gasteiger partial charge >= 0.3 is 6.03 Å². The van der Waals surface area contributed by atoms with E-state index >= 15 is 0 Å². The second-order valence-corrected chi connectivity index (χ2v) is 7.45. The molecule has 1 aliphatic heterocycles. The zero-order valence-corrected chi connectivity index (χ0v) is 17.2. The summed E-state index contributed by atoms with van der Waals surface area (Å²) in [6.07, 6.45) is 0.501. The van der Waals surface area contributed by atoms with Crippen LogP contribution in [0.5, 0.6) is 0 Å². The van der Waals surface area contributed by atoms with Crippen molar-refractivity contribution in [3.63, 3.8) is 0 Å². The molecule has 0 unspecified atom stereocenters. The van der Waals surface area contributed by atoms with Gasteiger partial charge in [0.15, 0.2) is 0 Å². The zero-order valence-electron chi connectivity index (χ0n) is 15.7. The summed E-state index contributed by atoms with van der Waals surface area (Å²) in [5.74, 6) is -0.565. The van der Waals surface area contributed by atoms with Crippen molar-refractivity contribution >= 4 is 33.8 Å². The Labute approximate surface area is 172 Å². The van der Waals surface area contributed by atoms with Crippen molar-refractivity contribution < 1.29 is 14.4 Å². The number of fused-ring (bicyclic) bond motifs is 1. The number of urea groups is 1. The van der Waals surface area contributed by atoms with E-state index in [0.29, 0.717) is 37.2 Å². The molecule has 1 heterocycles. The number of amides is 4. The fourth-order valence-electron chi connectivity index (χ4n) is 3.14. The van der Waals surface area contributed by atoms with Gasteiger partial charge in [-0.2, -0.15) is 0 Å². The summed E-state index contributed by atoms with van der Waals surface area (Å²) in [5.41, 5.74) is 1.91. The number of carbonyl (C=O) groups is 3. The summed E-state index contributed by atoms with van der Waals surface area (Å²) in [7, 11) is 0. The molecule has 2 aromatic rings. The van der Waals surface area contributed by atoms with Crippen LogP contribution in [0.2, 0.25) is 0 Å². The number of hydrogen-bond donors (Lipinski definition) is 1. The summed E-state index contributed by atoms with van der Waals surface area (Å²) in [6, 6.07) is 14.7. The van der Waals surface area contributed by atoms with Gasteiger partial charge in [0.2, 0.25) is 0 Å². The SMILES string of the molecule is CCN(Cc1ccccc1)C(=O)NCCCN1C(=O)c2ccc(Br)cc2C1=O. The standard InChI is InChI=1S/C21H22BrN3O3/c1-2-24(14-15-7-4-3-5-8-15)21(28)23-11-6-12-25-19(26)17-10-9-16(22)13-18(17)20(25)27/h3-5,7-10,13H,2,6,11-12,14H2,1H3,(H,23,28). The van der Waals surface area contributed by atoms with Crippen LogP contribution >= 0.6 is 15.9 Å². The lowest BCUT2D eigenvalue weighted by Gasteiger charge is -2.22. The second kappa shape index (κ2) is 9.01. The van der Waals surface area contributed by atoms with Crippen LogP contribution in [-0.4, -0.2) is 47.3 Å². The van der Waals surface area contributed by atoms with Crippen LogP contribution in [0.3, 0.4) is 0 Å². The highest BCUT2D eigenvalue weighted by atomic mass is 79.9. The van der Waals surface area contributed by atoms with Gasteiger partial charge in [-0.25, -0.2) is 4.79 Å². The van der Waals surface area contributed by atoms with Gasteiger partial charge in [0.05, 0.1) is 11.1 Å². The number of hydrogen-bond acceptors (Lipinski definition) is 3. The van der Waals surface area contributed by atoms with Crippen molar-refractivity contribution in [3.8, 4) is 0 Å². The van der Waals surface area contributed by atoms with E-state index in [1.807, 2.05) is 37.3 Å². The molecular formula is C21H22BrN3O3. The lowest BCUT2D eigenvalue weighted by atomic mass is 10.1. The number of benzene rings is 2. The number of carbonyl (C=O) groups excluding carboxylic acids is 3. The molecule has 1 aliphatic rings. The van der Waals surface area contributed by atoms with Gasteiger partial charge in [-0.15, -0.1) is 0 Å². The van der Waals surface area contributed by atoms with Crippen molar-refractivity contribution in [2.24, 2.45) is 0 Å². The molecule has 0 radical (unpaired) electrons. The van der Waals surface area contributed by atoms with Gasteiger partial charge < -0.3 is 10.2 Å². The summed E-state index contributed by atoms with van der Waals surface area (Å²) >= 11 is 3.32. The molecule has 6 nitrogen and oxygen atoms in total. The van der Waals surface area contributed by atoms with E-state index in [0.717, 1.165) is 10.0 Å². The number of halogens is 1. The van der Waals surface area contributed by atoms with Crippen LogP contribution in [0.25, 0.3) is 0 Å². The Bertz CT molecular complexity index is 886. The Balaban J connectivity index is 1.48. The molecule has 2 aromatic carbocycles. The summed E-state index contributed by atoms with van der Waals surface area (Å²) in [5, 5.41) is 2.87. The molecule has 1 N–H and O–H groups in total. The van der Waals surface area contributed by atoms with Gasteiger partial charge in [-0.1, -0.05) is 46.3 Å². The van der Waals surface area contributed by atoms with Crippen LogP contribution in [0, 0.1) is 0 Å². The first-order valence-electron chi connectivity index (χ1n) is 9.23. The Morgan fingerprint density at radius 3 is 2.50 bits per heavy atom. The Morgan fingerprint density at radius 2 is 1.79 bits per heavy atom. The second-order valence-electron chi connectivity index (χ2n) is 6.54. The highest BCUT2D eigenvalue weighted by molar-refractivity contribution is 9.10. The maximum Gasteiger partial charge on any atom is 0.317 e. The predicted octanol–water partition coefficient (Wildman–Crippen LogP) is 3.67. The van der Waals surface area contributed by atoms with E-state index in [2.05, 4.69) is 21.2 Å². The molecule has 0 aliphatic carbocycles. The molecule has 0 atom stereocenters. The van der Waals surface area contributed by atoms with E-state index in [1.165, 1.54) is 4.90 Å². The topological polar surface area (TPSA) is 69.7 Å². The van der Waals surface area contributed by atoms with Gasteiger partial charge in [0.1, 0.15) is 0 Å². The molecule has 0 fully saturated rings. The normalized spacial score (nSPS) is 12.9. The lowest BCUT2D eigenvalue weighted by molar-refractivity contribution is 0.0653. The smallest absolute Gasteiger partial charge is 0.317 e. The third-order valence-electron chi connectivity index (χ3n) is 4.65. The first kappa shape index (κ1) is 20.1. The monoisotopic (exact) mass is 443 g/mol. The van der Waals surface area contributed by atoms with Crippen LogP contribution in [0.15, 0.2) is 53.0 Å². The van der Waals surface area contributed by atoms with E-state index in [-0.39, 0.29) is 24.4 Å². The molecule has 28 heavy (non-hydrogen) atoms. The Morgan fingerprint density at radius 1 is 1.07 bits per heavy atom. The number of rotatable bonds is 7. The molecule has 3 rings (SSSR count).